The van der Waals surface area contributed by atoms with Gasteiger partial charge in [-0.2, -0.15) is 0 Å². The number of carbonyl (C=O) groups excluding carboxylic acids is 2. The first kappa shape index (κ1) is 17.8. The van der Waals surface area contributed by atoms with Crippen LogP contribution in [0.3, 0.4) is 0 Å². The summed E-state index contributed by atoms with van der Waals surface area (Å²) in [5, 5.41) is 5.26. The number of thioether (sulfide) groups is 1. The van der Waals surface area contributed by atoms with Gasteiger partial charge in [0.05, 0.1) is 30.5 Å². The minimum Gasteiger partial charge on any atom is -0.467 e. The lowest BCUT2D eigenvalue weighted by molar-refractivity contribution is -0.117. The summed E-state index contributed by atoms with van der Waals surface area (Å²) in [6.07, 6.45) is 3.40. The van der Waals surface area contributed by atoms with Crippen LogP contribution in [-0.2, 0) is 11.3 Å². The fourth-order valence-electron chi connectivity index (χ4n) is 2.38. The maximum atomic E-state index is 11.8. The number of aromatic nitrogens is 2. The Morgan fingerprint density at radius 2 is 2.00 bits per heavy atom. The topological polar surface area (TPSA) is 89.2 Å². The Kier molecular flexibility index (Phi) is 5.75. The summed E-state index contributed by atoms with van der Waals surface area (Å²) >= 11 is 1.26. The van der Waals surface area contributed by atoms with E-state index in [9.17, 15) is 9.59 Å². The van der Waals surface area contributed by atoms with Crippen molar-refractivity contribution < 1.29 is 14.0 Å². The van der Waals surface area contributed by atoms with Crippen LogP contribution in [0.15, 0.2) is 64.5 Å². The number of imide groups is 1. The van der Waals surface area contributed by atoms with E-state index in [1.807, 2.05) is 47.0 Å². The largest absolute Gasteiger partial charge is 0.467 e. The molecule has 0 aliphatic heterocycles. The van der Waals surface area contributed by atoms with Crippen molar-refractivity contribution in [1.29, 1.82) is 0 Å². The molecule has 1 aromatic carbocycles. The molecule has 0 aliphatic rings. The summed E-state index contributed by atoms with van der Waals surface area (Å²) in [6, 6.07) is 13.1. The van der Waals surface area contributed by atoms with Crippen LogP contribution in [0.25, 0.3) is 11.3 Å². The Morgan fingerprint density at radius 3 is 2.69 bits per heavy atom. The van der Waals surface area contributed by atoms with Crippen molar-refractivity contribution in [3.05, 3.63) is 60.7 Å². The van der Waals surface area contributed by atoms with E-state index in [0.29, 0.717) is 11.7 Å². The van der Waals surface area contributed by atoms with Crippen LogP contribution >= 0.6 is 11.8 Å². The molecule has 0 saturated carbocycles. The molecule has 3 amide bonds. The van der Waals surface area contributed by atoms with Crippen molar-refractivity contribution in [2.45, 2.75) is 11.7 Å². The van der Waals surface area contributed by atoms with Gasteiger partial charge in [0.1, 0.15) is 5.76 Å². The van der Waals surface area contributed by atoms with Crippen LogP contribution in [0.1, 0.15) is 5.76 Å². The molecule has 2 N–H and O–H groups in total. The molecule has 3 aromatic rings. The zero-order chi connectivity index (χ0) is 18.4. The molecule has 2 aromatic heterocycles. The van der Waals surface area contributed by atoms with Gasteiger partial charge in [-0.25, -0.2) is 9.78 Å². The number of urea groups is 1. The average molecular weight is 370 g/mol. The lowest BCUT2D eigenvalue weighted by Gasteiger charge is -2.10. The molecule has 0 atom stereocenters. The molecule has 8 heteroatoms. The zero-order valence-electron chi connectivity index (χ0n) is 14.1. The number of imidazole rings is 1. The number of nitrogens with zero attached hydrogens (tertiary/aromatic N) is 2. The third kappa shape index (κ3) is 4.34. The fraction of sp³-hybridized carbons (Fsp3) is 0.167. The van der Waals surface area contributed by atoms with E-state index >= 15 is 0 Å². The second kappa shape index (κ2) is 8.39. The zero-order valence-corrected chi connectivity index (χ0v) is 15.0. The summed E-state index contributed by atoms with van der Waals surface area (Å²) in [5.74, 6) is 0.483. The number of hydrogen-bond acceptors (Lipinski definition) is 5. The van der Waals surface area contributed by atoms with Crippen molar-refractivity contribution in [2.24, 2.45) is 0 Å². The molecule has 2 heterocycles. The molecule has 0 unspecified atom stereocenters. The van der Waals surface area contributed by atoms with Crippen molar-refractivity contribution in [3.8, 4) is 11.3 Å². The Bertz CT molecular complexity index is 875. The summed E-state index contributed by atoms with van der Waals surface area (Å²) in [4.78, 5) is 27.5. The molecule has 0 bridgehead atoms. The van der Waals surface area contributed by atoms with Crippen LogP contribution in [0.5, 0.6) is 0 Å². The minimum absolute atomic E-state index is 0.0802. The van der Waals surface area contributed by atoms with Gasteiger partial charge in [0.25, 0.3) is 0 Å². The van der Waals surface area contributed by atoms with Crippen LogP contribution in [0.4, 0.5) is 4.79 Å². The van der Waals surface area contributed by atoms with Crippen LogP contribution in [0, 0.1) is 0 Å². The second-order valence-corrected chi connectivity index (χ2v) is 6.32. The number of nitrogens with one attached hydrogen (secondary N) is 2. The first-order valence-electron chi connectivity index (χ1n) is 7.95. The van der Waals surface area contributed by atoms with Gasteiger partial charge < -0.3 is 14.3 Å². The van der Waals surface area contributed by atoms with Gasteiger partial charge in [-0.1, -0.05) is 42.1 Å². The monoisotopic (exact) mass is 370 g/mol. The number of hydrogen-bond donors (Lipinski definition) is 2. The smallest absolute Gasteiger partial charge is 0.321 e. The molecule has 26 heavy (non-hydrogen) atoms. The number of carbonyl (C=O) groups is 2. The van der Waals surface area contributed by atoms with E-state index in [-0.39, 0.29) is 11.7 Å². The maximum Gasteiger partial charge on any atom is 0.321 e. The van der Waals surface area contributed by atoms with Gasteiger partial charge in [-0.15, -0.1) is 0 Å². The lowest BCUT2D eigenvalue weighted by Crippen LogP contribution is -2.38. The average Bonchev–Trinajstić information content (AvgIpc) is 3.31. The van der Waals surface area contributed by atoms with Gasteiger partial charge in [-0.3, -0.25) is 10.1 Å². The van der Waals surface area contributed by atoms with E-state index < -0.39 is 6.03 Å². The van der Waals surface area contributed by atoms with Gasteiger partial charge in [-0.05, 0) is 17.7 Å². The standard InChI is InChI=1S/C18H18N4O3S/c1-19-17(24)21-16(23)12-26-18-20-10-15(13-6-3-2-4-7-13)22(18)11-14-8-5-9-25-14/h2-10H,11-12H2,1H3,(H2,19,21,23,24). The highest BCUT2D eigenvalue weighted by molar-refractivity contribution is 7.99. The molecule has 7 nitrogen and oxygen atoms in total. The van der Waals surface area contributed by atoms with E-state index in [0.717, 1.165) is 17.0 Å². The van der Waals surface area contributed by atoms with Crippen LogP contribution in [-0.4, -0.2) is 34.3 Å². The number of benzene rings is 1. The van der Waals surface area contributed by atoms with Crippen molar-refractivity contribution in [1.82, 2.24) is 20.2 Å². The molecular weight excluding hydrogens is 352 g/mol. The molecule has 0 spiro atoms. The third-order valence-electron chi connectivity index (χ3n) is 3.59. The predicted molar refractivity (Wildman–Crippen MR) is 98.8 cm³/mol. The molecule has 3 rings (SSSR count). The van der Waals surface area contributed by atoms with E-state index in [1.165, 1.54) is 18.8 Å². The van der Waals surface area contributed by atoms with Crippen molar-refractivity contribution in [3.63, 3.8) is 0 Å². The second-order valence-electron chi connectivity index (χ2n) is 5.37. The molecule has 134 valence electrons. The van der Waals surface area contributed by atoms with E-state index in [1.54, 1.807) is 12.5 Å². The highest BCUT2D eigenvalue weighted by atomic mass is 32.2. The summed E-state index contributed by atoms with van der Waals surface area (Å²) in [7, 11) is 1.46. The Balaban J connectivity index is 1.82. The molecule has 0 aliphatic carbocycles. The first-order valence-corrected chi connectivity index (χ1v) is 8.93. The summed E-state index contributed by atoms with van der Waals surface area (Å²) in [5.41, 5.74) is 1.95. The summed E-state index contributed by atoms with van der Waals surface area (Å²) in [6.45, 7) is 0.497. The molecule has 0 saturated heterocycles. The normalized spacial score (nSPS) is 10.5. The van der Waals surface area contributed by atoms with Gasteiger partial charge in [0, 0.05) is 7.05 Å². The van der Waals surface area contributed by atoms with Gasteiger partial charge >= 0.3 is 6.03 Å². The Hall–Kier alpha value is -3.00. The molecule has 0 fully saturated rings. The van der Waals surface area contributed by atoms with Crippen LogP contribution in [0.2, 0.25) is 0 Å². The van der Waals surface area contributed by atoms with Gasteiger partial charge in [0.2, 0.25) is 5.91 Å². The SMILES string of the molecule is CNC(=O)NC(=O)CSc1ncc(-c2ccccc2)n1Cc1ccco1. The third-order valence-corrected chi connectivity index (χ3v) is 4.59. The van der Waals surface area contributed by atoms with E-state index in [4.69, 9.17) is 4.42 Å². The van der Waals surface area contributed by atoms with Gasteiger partial charge in [0.15, 0.2) is 5.16 Å². The summed E-state index contributed by atoms with van der Waals surface area (Å²) < 4.78 is 7.45. The molecule has 0 radical (unpaired) electrons. The predicted octanol–water partition coefficient (Wildman–Crippen LogP) is 2.74. The number of amides is 3. The Labute approximate surface area is 154 Å². The lowest BCUT2D eigenvalue weighted by atomic mass is 10.2. The minimum atomic E-state index is -0.528. The maximum absolute atomic E-state index is 11.8. The quantitative estimate of drug-likeness (QED) is 0.651. The van der Waals surface area contributed by atoms with Crippen LogP contribution < -0.4 is 10.6 Å². The fourth-order valence-corrected chi connectivity index (χ4v) is 3.16. The Morgan fingerprint density at radius 1 is 1.19 bits per heavy atom. The highest BCUT2D eigenvalue weighted by Crippen LogP contribution is 2.27. The first-order chi connectivity index (χ1) is 12.7. The van der Waals surface area contributed by atoms with Crippen molar-refractivity contribution in [2.75, 3.05) is 12.8 Å². The number of furan rings is 1. The van der Waals surface area contributed by atoms with Crippen molar-refractivity contribution >= 4 is 23.7 Å². The molecular formula is C18H18N4O3S. The van der Waals surface area contributed by atoms with E-state index in [2.05, 4.69) is 15.6 Å². The highest BCUT2D eigenvalue weighted by Gasteiger charge is 2.15. The number of rotatable bonds is 6.